The van der Waals surface area contributed by atoms with Crippen molar-refractivity contribution in [2.24, 2.45) is 13.0 Å². The normalized spacial score (nSPS) is 11.7. The number of amides is 1. The highest BCUT2D eigenvalue weighted by atomic mass is 16.5. The zero-order chi connectivity index (χ0) is 16.7. The Bertz CT molecular complexity index is 540. The maximum absolute atomic E-state index is 11.7. The highest BCUT2D eigenvalue weighted by Gasteiger charge is 2.17. The fraction of sp³-hybridized carbons (Fsp3) is 0.538. The smallest absolute Gasteiger partial charge is 0.303 e. The average Bonchev–Trinajstić information content (AvgIpc) is 2.80. The largest absolute Gasteiger partial charge is 0.456 e. The van der Waals surface area contributed by atoms with Gasteiger partial charge in [0.1, 0.15) is 6.17 Å². The third-order valence-corrected chi connectivity index (χ3v) is 2.66. The molecule has 0 bridgehead atoms. The van der Waals surface area contributed by atoms with Crippen LogP contribution >= 0.6 is 0 Å². The topological polar surface area (TPSA) is 121 Å². The zero-order valence-electron chi connectivity index (χ0n) is 13.1. The average molecular weight is 310 g/mol. The number of nitrogens with zero attached hydrogens (tertiary/aromatic N) is 2. The van der Waals surface area contributed by atoms with E-state index in [1.165, 1.54) is 6.92 Å². The Morgan fingerprint density at radius 3 is 2.59 bits per heavy atom. The van der Waals surface area contributed by atoms with Crippen molar-refractivity contribution in [3.8, 4) is 0 Å². The summed E-state index contributed by atoms with van der Waals surface area (Å²) in [7, 11) is 1.77. The van der Waals surface area contributed by atoms with Gasteiger partial charge in [-0.3, -0.25) is 19.7 Å². The van der Waals surface area contributed by atoms with Gasteiger partial charge in [0.05, 0.1) is 11.9 Å². The predicted molar refractivity (Wildman–Crippen MR) is 81.1 cm³/mol. The summed E-state index contributed by atoms with van der Waals surface area (Å²) in [4.78, 5) is 22.4. The maximum atomic E-state index is 11.7. The van der Waals surface area contributed by atoms with E-state index in [4.69, 9.17) is 5.41 Å². The van der Waals surface area contributed by atoms with Gasteiger partial charge in [-0.1, -0.05) is 13.8 Å². The molecule has 0 spiro atoms. The fourth-order valence-corrected chi connectivity index (χ4v) is 1.57. The first-order chi connectivity index (χ1) is 10.3. The van der Waals surface area contributed by atoms with Crippen molar-refractivity contribution in [3.05, 3.63) is 12.4 Å². The highest BCUT2D eigenvalue weighted by molar-refractivity contribution is 5.91. The number of hydrogen-bond donors (Lipinski definition) is 4. The molecule has 4 N–H and O–H groups in total. The lowest BCUT2D eigenvalue weighted by Crippen LogP contribution is -2.53. The Morgan fingerprint density at radius 1 is 1.41 bits per heavy atom. The second-order valence-corrected chi connectivity index (χ2v) is 5.12. The van der Waals surface area contributed by atoms with Crippen molar-refractivity contribution in [2.75, 3.05) is 11.9 Å². The Labute approximate surface area is 128 Å². The number of nitrogens with one attached hydrogen (secondary N) is 4. The highest BCUT2D eigenvalue weighted by Crippen LogP contribution is 2.03. The first kappa shape index (κ1) is 17.5. The summed E-state index contributed by atoms with van der Waals surface area (Å²) in [6.45, 7) is 4.67. The van der Waals surface area contributed by atoms with Crippen LogP contribution in [0.25, 0.3) is 0 Å². The van der Waals surface area contributed by atoms with Gasteiger partial charge < -0.3 is 20.7 Å². The Morgan fingerprint density at radius 2 is 2.09 bits per heavy atom. The quantitative estimate of drug-likeness (QED) is 0.254. The molecule has 122 valence electrons. The molecular formula is C13H22N6O3. The van der Waals surface area contributed by atoms with Crippen molar-refractivity contribution in [1.82, 2.24) is 20.4 Å². The van der Waals surface area contributed by atoms with E-state index in [-0.39, 0.29) is 18.5 Å². The molecule has 9 nitrogen and oxygen atoms in total. The molecule has 9 heteroatoms. The van der Waals surface area contributed by atoms with E-state index in [0.717, 1.165) is 0 Å². The van der Waals surface area contributed by atoms with Crippen molar-refractivity contribution < 1.29 is 14.3 Å². The fourth-order valence-electron chi connectivity index (χ4n) is 1.57. The molecular weight excluding hydrogens is 288 g/mol. The van der Waals surface area contributed by atoms with Crippen molar-refractivity contribution in [3.63, 3.8) is 0 Å². The summed E-state index contributed by atoms with van der Waals surface area (Å²) in [6.07, 6.45) is 2.83. The van der Waals surface area contributed by atoms with Gasteiger partial charge in [0.25, 0.3) is 5.91 Å². The van der Waals surface area contributed by atoms with E-state index >= 15 is 0 Å². The number of esters is 1. The zero-order valence-corrected chi connectivity index (χ0v) is 13.1. The minimum Gasteiger partial charge on any atom is -0.456 e. The SMILES string of the molecule is CC(=O)OCC(=O)N[C@H](NC(=N)Nc1cnn(C)c1)C(C)C. The number of carbonyl (C=O) groups excluding carboxylic acids is 2. The summed E-state index contributed by atoms with van der Waals surface area (Å²) in [5.74, 6) is -0.900. The molecule has 0 aliphatic rings. The first-order valence-electron chi connectivity index (χ1n) is 6.81. The molecule has 1 amide bonds. The van der Waals surface area contributed by atoms with Crippen LogP contribution in [0.2, 0.25) is 0 Å². The van der Waals surface area contributed by atoms with E-state index < -0.39 is 18.0 Å². The number of anilines is 1. The van der Waals surface area contributed by atoms with Gasteiger partial charge in [-0.25, -0.2) is 0 Å². The van der Waals surface area contributed by atoms with Crippen LogP contribution in [0, 0.1) is 11.3 Å². The number of ether oxygens (including phenoxy) is 1. The van der Waals surface area contributed by atoms with Gasteiger partial charge >= 0.3 is 5.97 Å². The molecule has 0 aromatic carbocycles. The van der Waals surface area contributed by atoms with Crippen LogP contribution in [0.3, 0.4) is 0 Å². The third-order valence-electron chi connectivity index (χ3n) is 2.66. The maximum Gasteiger partial charge on any atom is 0.303 e. The van der Waals surface area contributed by atoms with Crippen LogP contribution < -0.4 is 16.0 Å². The standard InChI is InChI=1S/C13H22N6O3/c1-8(2)12(17-11(21)7-22-9(3)20)18-13(14)16-10-5-15-19(4)6-10/h5-6,8,12H,7H2,1-4H3,(H,17,21)(H3,14,16,18)/t12-/m1/s1. The molecule has 0 unspecified atom stereocenters. The lowest BCUT2D eigenvalue weighted by Gasteiger charge is -2.24. The molecule has 1 rings (SSSR count). The molecule has 1 aromatic heterocycles. The van der Waals surface area contributed by atoms with Crippen LogP contribution in [0.15, 0.2) is 12.4 Å². The van der Waals surface area contributed by atoms with E-state index in [9.17, 15) is 9.59 Å². The van der Waals surface area contributed by atoms with Crippen LogP contribution in [-0.4, -0.2) is 40.4 Å². The van der Waals surface area contributed by atoms with E-state index in [1.807, 2.05) is 13.8 Å². The number of rotatable bonds is 6. The van der Waals surface area contributed by atoms with Gasteiger partial charge in [-0.05, 0) is 5.92 Å². The van der Waals surface area contributed by atoms with E-state index in [1.54, 1.807) is 24.1 Å². The van der Waals surface area contributed by atoms with Crippen molar-refractivity contribution in [1.29, 1.82) is 5.41 Å². The minimum absolute atomic E-state index is 0.0253. The molecule has 0 fully saturated rings. The van der Waals surface area contributed by atoms with Gasteiger partial charge in [-0.15, -0.1) is 0 Å². The van der Waals surface area contributed by atoms with Gasteiger partial charge in [0.2, 0.25) is 0 Å². The van der Waals surface area contributed by atoms with Gasteiger partial charge in [0, 0.05) is 20.2 Å². The van der Waals surface area contributed by atoms with Gasteiger partial charge in [-0.2, -0.15) is 5.10 Å². The monoisotopic (exact) mass is 310 g/mol. The lowest BCUT2D eigenvalue weighted by atomic mass is 10.1. The lowest BCUT2D eigenvalue weighted by molar-refractivity contribution is -0.146. The predicted octanol–water partition coefficient (Wildman–Crippen LogP) is 0.0178. The molecule has 1 atom stereocenters. The molecule has 0 saturated heterocycles. The van der Waals surface area contributed by atoms with Crippen LogP contribution in [0.4, 0.5) is 5.69 Å². The van der Waals surface area contributed by atoms with Crippen LogP contribution in [0.5, 0.6) is 0 Å². The molecule has 0 aliphatic heterocycles. The molecule has 0 aliphatic carbocycles. The number of carbonyl (C=O) groups is 2. The van der Waals surface area contributed by atoms with E-state index in [0.29, 0.717) is 5.69 Å². The molecule has 1 aromatic rings. The van der Waals surface area contributed by atoms with Crippen LogP contribution in [-0.2, 0) is 21.4 Å². The Kier molecular flexibility index (Phi) is 6.36. The summed E-state index contributed by atoms with van der Waals surface area (Å²) in [5, 5.41) is 20.2. The van der Waals surface area contributed by atoms with Crippen LogP contribution in [0.1, 0.15) is 20.8 Å². The van der Waals surface area contributed by atoms with Gasteiger partial charge in [0.15, 0.2) is 12.6 Å². The third kappa shape index (κ3) is 6.25. The number of hydrogen-bond acceptors (Lipinski definition) is 5. The second-order valence-electron chi connectivity index (χ2n) is 5.12. The van der Waals surface area contributed by atoms with Crippen molar-refractivity contribution in [2.45, 2.75) is 26.9 Å². The summed E-state index contributed by atoms with van der Waals surface area (Å²) in [6, 6.07) is 0. The summed E-state index contributed by atoms with van der Waals surface area (Å²) >= 11 is 0. The Balaban J connectivity index is 2.50. The Hall–Kier alpha value is -2.58. The molecule has 22 heavy (non-hydrogen) atoms. The molecule has 0 saturated carbocycles. The second kappa shape index (κ2) is 8.01. The summed E-state index contributed by atoms with van der Waals surface area (Å²) in [5.41, 5.74) is 0.661. The number of aromatic nitrogens is 2. The van der Waals surface area contributed by atoms with Crippen molar-refractivity contribution >= 4 is 23.5 Å². The minimum atomic E-state index is -0.518. The molecule has 1 heterocycles. The molecule has 0 radical (unpaired) electrons. The summed E-state index contributed by atoms with van der Waals surface area (Å²) < 4.78 is 6.24. The number of aryl methyl sites for hydroxylation is 1. The number of guanidine groups is 1. The van der Waals surface area contributed by atoms with E-state index in [2.05, 4.69) is 25.8 Å². The first-order valence-corrected chi connectivity index (χ1v) is 6.81.